The maximum Gasteiger partial charge on any atom is 0.271 e. The summed E-state index contributed by atoms with van der Waals surface area (Å²) in [6.45, 7) is 1.96. The number of rotatable bonds is 5. The zero-order chi connectivity index (χ0) is 17.2. The number of anilines is 3. The molecule has 0 saturated carbocycles. The molecule has 5 nitrogen and oxygen atoms in total. The van der Waals surface area contributed by atoms with Gasteiger partial charge in [-0.3, -0.25) is 4.72 Å². The van der Waals surface area contributed by atoms with Gasteiger partial charge in [0.15, 0.2) is 0 Å². The van der Waals surface area contributed by atoms with Crippen LogP contribution in [-0.4, -0.2) is 13.4 Å². The van der Waals surface area contributed by atoms with Crippen LogP contribution in [0.2, 0.25) is 5.02 Å². The van der Waals surface area contributed by atoms with E-state index in [4.69, 9.17) is 11.6 Å². The average molecular weight is 380 g/mol. The van der Waals surface area contributed by atoms with Gasteiger partial charge in [-0.2, -0.15) is 0 Å². The summed E-state index contributed by atoms with van der Waals surface area (Å²) < 4.78 is 27.1. The summed E-state index contributed by atoms with van der Waals surface area (Å²) in [5, 5.41) is 5.50. The minimum atomic E-state index is -3.56. The molecule has 0 aliphatic heterocycles. The van der Waals surface area contributed by atoms with Crippen LogP contribution in [0.1, 0.15) is 5.56 Å². The number of benzene rings is 1. The molecule has 8 heteroatoms. The van der Waals surface area contributed by atoms with Gasteiger partial charge in [-0.05, 0) is 48.2 Å². The molecule has 2 aromatic heterocycles. The van der Waals surface area contributed by atoms with Crippen LogP contribution in [0, 0.1) is 6.92 Å². The summed E-state index contributed by atoms with van der Waals surface area (Å²) in [5.74, 6) is 0.597. The molecule has 0 atom stereocenters. The predicted molar refractivity (Wildman–Crippen MR) is 98.8 cm³/mol. The number of sulfonamides is 1. The molecule has 24 heavy (non-hydrogen) atoms. The molecule has 0 saturated heterocycles. The summed E-state index contributed by atoms with van der Waals surface area (Å²) in [5.41, 5.74) is 2.28. The minimum Gasteiger partial charge on any atom is -0.340 e. The van der Waals surface area contributed by atoms with Gasteiger partial charge in [0, 0.05) is 10.7 Å². The lowest BCUT2D eigenvalue weighted by Crippen LogP contribution is -2.11. The number of aryl methyl sites for hydroxylation is 1. The van der Waals surface area contributed by atoms with Crippen molar-refractivity contribution in [3.05, 3.63) is 64.6 Å². The SMILES string of the molecule is Cc1ccc(Cl)cc1Nc1ccc(NS(=O)(=O)c2cccs2)cn1. The van der Waals surface area contributed by atoms with Crippen LogP contribution in [0.25, 0.3) is 0 Å². The van der Waals surface area contributed by atoms with Crippen LogP contribution in [0.3, 0.4) is 0 Å². The summed E-state index contributed by atoms with van der Waals surface area (Å²) in [4.78, 5) is 4.23. The zero-order valence-electron chi connectivity index (χ0n) is 12.7. The Morgan fingerprint density at radius 3 is 2.67 bits per heavy atom. The highest BCUT2D eigenvalue weighted by molar-refractivity contribution is 7.94. The normalized spacial score (nSPS) is 11.2. The molecule has 0 aliphatic carbocycles. The van der Waals surface area contributed by atoms with Crippen molar-refractivity contribution in [2.24, 2.45) is 0 Å². The van der Waals surface area contributed by atoms with Gasteiger partial charge in [-0.15, -0.1) is 11.3 Å². The highest BCUT2D eigenvalue weighted by Gasteiger charge is 2.15. The van der Waals surface area contributed by atoms with E-state index in [0.717, 1.165) is 22.6 Å². The Bertz CT molecular complexity index is 940. The Balaban J connectivity index is 1.75. The summed E-state index contributed by atoms with van der Waals surface area (Å²) in [6, 6.07) is 12.1. The largest absolute Gasteiger partial charge is 0.340 e. The maximum atomic E-state index is 12.2. The molecule has 3 aromatic rings. The third-order valence-electron chi connectivity index (χ3n) is 3.24. The molecule has 2 heterocycles. The van der Waals surface area contributed by atoms with Crippen LogP contribution in [0.15, 0.2) is 58.3 Å². The van der Waals surface area contributed by atoms with Crippen LogP contribution >= 0.6 is 22.9 Å². The van der Waals surface area contributed by atoms with E-state index in [1.807, 2.05) is 25.1 Å². The Kier molecular flexibility index (Phi) is 4.75. The molecule has 0 amide bonds. The Labute approximate surface area is 149 Å². The highest BCUT2D eigenvalue weighted by atomic mass is 35.5. The lowest BCUT2D eigenvalue weighted by atomic mass is 10.2. The number of nitrogens with zero attached hydrogens (tertiary/aromatic N) is 1. The van der Waals surface area contributed by atoms with E-state index in [9.17, 15) is 8.42 Å². The Morgan fingerprint density at radius 2 is 2.00 bits per heavy atom. The zero-order valence-corrected chi connectivity index (χ0v) is 15.0. The van der Waals surface area contributed by atoms with E-state index in [1.165, 1.54) is 6.20 Å². The van der Waals surface area contributed by atoms with Crippen LogP contribution in [0.4, 0.5) is 17.2 Å². The second-order valence-electron chi connectivity index (χ2n) is 5.05. The molecule has 1 aromatic carbocycles. The quantitative estimate of drug-likeness (QED) is 0.676. The second kappa shape index (κ2) is 6.80. The van der Waals surface area contributed by atoms with E-state index < -0.39 is 10.0 Å². The lowest BCUT2D eigenvalue weighted by molar-refractivity contribution is 0.603. The van der Waals surface area contributed by atoms with Gasteiger partial charge in [0.05, 0.1) is 11.9 Å². The maximum absolute atomic E-state index is 12.2. The smallest absolute Gasteiger partial charge is 0.271 e. The molecular formula is C16H14ClN3O2S2. The Morgan fingerprint density at radius 1 is 1.17 bits per heavy atom. The minimum absolute atomic E-state index is 0.263. The number of nitrogens with one attached hydrogen (secondary N) is 2. The van der Waals surface area contributed by atoms with Crippen molar-refractivity contribution in [2.45, 2.75) is 11.1 Å². The van der Waals surface area contributed by atoms with Gasteiger partial charge < -0.3 is 5.32 Å². The second-order valence-corrected chi connectivity index (χ2v) is 8.35. The molecule has 3 rings (SSSR count). The van der Waals surface area contributed by atoms with Crippen molar-refractivity contribution in [2.75, 3.05) is 10.0 Å². The predicted octanol–water partition coefficient (Wildman–Crippen LogP) is 4.65. The molecule has 124 valence electrons. The van der Waals surface area contributed by atoms with Gasteiger partial charge in [0.2, 0.25) is 0 Å². The monoisotopic (exact) mass is 379 g/mol. The number of pyridine rings is 1. The molecule has 0 spiro atoms. The van der Waals surface area contributed by atoms with Crippen molar-refractivity contribution in [1.82, 2.24) is 4.98 Å². The number of thiophene rings is 1. The van der Waals surface area contributed by atoms with Crippen molar-refractivity contribution in [3.8, 4) is 0 Å². The molecule has 0 unspecified atom stereocenters. The van der Waals surface area contributed by atoms with Gasteiger partial charge >= 0.3 is 0 Å². The van der Waals surface area contributed by atoms with Crippen LogP contribution in [-0.2, 0) is 10.0 Å². The number of halogens is 1. The third kappa shape index (κ3) is 3.87. The van der Waals surface area contributed by atoms with Crippen molar-refractivity contribution >= 4 is 50.2 Å². The van der Waals surface area contributed by atoms with Crippen LogP contribution < -0.4 is 10.0 Å². The summed E-state index contributed by atoms with van der Waals surface area (Å²) in [6.07, 6.45) is 1.47. The number of hydrogen-bond donors (Lipinski definition) is 2. The van der Waals surface area contributed by atoms with Gasteiger partial charge in [0.25, 0.3) is 10.0 Å². The summed E-state index contributed by atoms with van der Waals surface area (Å²) in [7, 11) is -3.56. The van der Waals surface area contributed by atoms with Gasteiger partial charge in [0.1, 0.15) is 10.0 Å². The molecule has 2 N–H and O–H groups in total. The fourth-order valence-electron chi connectivity index (χ4n) is 2.02. The van der Waals surface area contributed by atoms with Crippen molar-refractivity contribution in [3.63, 3.8) is 0 Å². The van der Waals surface area contributed by atoms with Crippen molar-refractivity contribution < 1.29 is 8.42 Å². The van der Waals surface area contributed by atoms with Gasteiger partial charge in [-0.25, -0.2) is 13.4 Å². The van der Waals surface area contributed by atoms with E-state index >= 15 is 0 Å². The topological polar surface area (TPSA) is 71.1 Å². The number of hydrogen-bond acceptors (Lipinski definition) is 5. The van der Waals surface area contributed by atoms with Gasteiger partial charge in [-0.1, -0.05) is 23.7 Å². The molecule has 0 fully saturated rings. The first kappa shape index (κ1) is 16.8. The van der Waals surface area contributed by atoms with E-state index in [2.05, 4.69) is 15.0 Å². The fourth-order valence-corrected chi connectivity index (χ4v) is 4.23. The van der Waals surface area contributed by atoms with E-state index in [-0.39, 0.29) is 4.21 Å². The first-order chi connectivity index (χ1) is 11.4. The first-order valence-electron chi connectivity index (χ1n) is 6.99. The number of aromatic nitrogens is 1. The molecular weight excluding hydrogens is 366 g/mol. The Hall–Kier alpha value is -2.09. The lowest BCUT2D eigenvalue weighted by Gasteiger charge is -2.10. The standard InChI is InChI=1S/C16H14ClN3O2S2/c1-11-4-5-12(17)9-14(11)19-15-7-6-13(10-18-15)20-24(21,22)16-3-2-8-23-16/h2-10,20H,1H3,(H,18,19). The first-order valence-corrected chi connectivity index (χ1v) is 9.74. The average Bonchev–Trinajstić information content (AvgIpc) is 3.08. The fraction of sp³-hybridized carbons (Fsp3) is 0.0625. The molecule has 0 bridgehead atoms. The van der Waals surface area contributed by atoms with Crippen LogP contribution in [0.5, 0.6) is 0 Å². The van der Waals surface area contributed by atoms with E-state index in [1.54, 1.807) is 29.6 Å². The molecule has 0 aliphatic rings. The van der Waals surface area contributed by atoms with E-state index in [0.29, 0.717) is 16.5 Å². The third-order valence-corrected chi connectivity index (χ3v) is 6.25. The summed E-state index contributed by atoms with van der Waals surface area (Å²) >= 11 is 7.15. The molecule has 0 radical (unpaired) electrons. The highest BCUT2D eigenvalue weighted by Crippen LogP contribution is 2.24. The van der Waals surface area contributed by atoms with Crippen molar-refractivity contribution in [1.29, 1.82) is 0 Å².